The van der Waals surface area contributed by atoms with Crippen molar-refractivity contribution in [1.82, 2.24) is 19.7 Å². The van der Waals surface area contributed by atoms with Crippen LogP contribution in [0.2, 0.25) is 0 Å². The van der Waals surface area contributed by atoms with Crippen molar-refractivity contribution < 1.29 is 38.1 Å². The Balaban J connectivity index is 1.36. The van der Waals surface area contributed by atoms with E-state index in [0.717, 1.165) is 12.8 Å². The number of nitrogens with two attached hydrogens (primary N) is 1. The predicted octanol–water partition coefficient (Wildman–Crippen LogP) is 2.95. The minimum atomic E-state index is -4.24. The number of ether oxygens (including phenoxy) is 2. The minimum absolute atomic E-state index is 0.110. The van der Waals surface area contributed by atoms with E-state index in [1.807, 2.05) is 13.8 Å². The summed E-state index contributed by atoms with van der Waals surface area (Å²) in [7, 11) is -4.24. The lowest BCUT2D eigenvalue weighted by molar-refractivity contribution is -0.146. The fraction of sp³-hybridized carbons (Fsp3) is 0.536. The van der Waals surface area contributed by atoms with Crippen LogP contribution in [0.25, 0.3) is 5.52 Å². The second-order valence-electron chi connectivity index (χ2n) is 11.1. The summed E-state index contributed by atoms with van der Waals surface area (Å²) in [5.41, 5.74) is 4.11. The van der Waals surface area contributed by atoms with E-state index in [1.165, 1.54) is 17.8 Å². The van der Waals surface area contributed by atoms with Crippen molar-refractivity contribution in [3.63, 3.8) is 0 Å². The van der Waals surface area contributed by atoms with Gasteiger partial charge in [0.05, 0.1) is 12.3 Å². The molecule has 5 N–H and O–H groups in total. The molecule has 1 spiro atoms. The molecule has 3 heterocycles. The maximum absolute atomic E-state index is 14.1. The fourth-order valence-electron chi connectivity index (χ4n) is 5.40. The number of aliphatic hydroxyl groups is 2. The fourth-order valence-corrected chi connectivity index (χ4v) is 7.12. The first kappa shape index (κ1) is 30.4. The number of esters is 1. The van der Waals surface area contributed by atoms with Crippen molar-refractivity contribution >= 4 is 25.1 Å². The Morgan fingerprint density at radius 3 is 2.62 bits per heavy atom. The van der Waals surface area contributed by atoms with Crippen molar-refractivity contribution in [2.45, 2.75) is 82.5 Å². The topological polar surface area (TPSA) is 180 Å². The third kappa shape index (κ3) is 5.52. The predicted molar refractivity (Wildman–Crippen MR) is 152 cm³/mol. The second-order valence-corrected chi connectivity index (χ2v) is 12.7. The number of anilines is 1. The lowest BCUT2D eigenvalue weighted by Crippen LogP contribution is -2.40. The molecule has 42 heavy (non-hydrogen) atoms. The number of aliphatic hydroxyl groups excluding tert-OH is 2. The highest BCUT2D eigenvalue weighted by Crippen LogP contribution is 2.62. The normalized spacial score (nSPS) is 29.1. The molecule has 3 aromatic rings. The number of hydrogen-bond acceptors (Lipinski definition) is 11. The number of hydrogen-bond donors (Lipinski definition) is 4. The number of carbonyl (C=O) groups excluding carboxylic acids is 1. The standard InChI is InChI=1S/C28H38N5O8P/c1-5-18(6-2)15-38-26(36)17(3)32-42(37,39-19-10-8-7-9-11-19)40-22-14-28(22)24(35)23(34)27(4,41-28)21-13-12-20-25(29)30-16-31-33(20)21/h7-13,16-18,22-24,34-35H,5-6,14-15H2,1-4H3,(H,32,37)(H2,29,30,31)/t17-,22+,23+,24-,27-,28?,42+/m0/s1. The summed E-state index contributed by atoms with van der Waals surface area (Å²) in [5.74, 6) is 0.107. The number of benzene rings is 1. The maximum atomic E-state index is 14.1. The molecule has 0 radical (unpaired) electrons. The number of para-hydroxylation sites is 1. The summed E-state index contributed by atoms with van der Waals surface area (Å²) in [6.45, 7) is 7.43. The van der Waals surface area contributed by atoms with Gasteiger partial charge in [0.15, 0.2) is 5.82 Å². The van der Waals surface area contributed by atoms with Gasteiger partial charge in [0.25, 0.3) is 0 Å². The number of nitrogens with zero attached hydrogens (tertiary/aromatic N) is 3. The van der Waals surface area contributed by atoms with Gasteiger partial charge in [0.1, 0.15) is 53.1 Å². The van der Waals surface area contributed by atoms with Crippen LogP contribution in [0.5, 0.6) is 5.75 Å². The molecule has 1 aromatic carbocycles. The zero-order valence-electron chi connectivity index (χ0n) is 24.0. The van der Waals surface area contributed by atoms with Crippen LogP contribution >= 0.6 is 7.75 Å². The molecule has 228 valence electrons. The smallest absolute Gasteiger partial charge is 0.459 e. The molecule has 0 bridgehead atoms. The molecule has 5 rings (SSSR count). The van der Waals surface area contributed by atoms with E-state index < -0.39 is 49.3 Å². The zero-order valence-corrected chi connectivity index (χ0v) is 24.9. The van der Waals surface area contributed by atoms with E-state index in [9.17, 15) is 19.6 Å². The summed E-state index contributed by atoms with van der Waals surface area (Å²) in [5, 5.41) is 29.3. The average molecular weight is 604 g/mol. The van der Waals surface area contributed by atoms with Crippen LogP contribution in [0.15, 0.2) is 48.8 Å². The number of aromatic nitrogens is 3. The molecule has 0 amide bonds. The van der Waals surface area contributed by atoms with Crippen LogP contribution in [0, 0.1) is 5.92 Å². The molecule has 7 atom stereocenters. The van der Waals surface area contributed by atoms with Gasteiger partial charge in [-0.2, -0.15) is 10.2 Å². The molecule has 1 saturated heterocycles. The number of rotatable bonds is 12. The monoisotopic (exact) mass is 603 g/mol. The van der Waals surface area contributed by atoms with E-state index in [1.54, 1.807) is 49.4 Å². The highest BCUT2D eigenvalue weighted by Gasteiger charge is 2.74. The Morgan fingerprint density at radius 1 is 1.21 bits per heavy atom. The molecule has 2 aliphatic rings. The van der Waals surface area contributed by atoms with Gasteiger partial charge in [-0.15, -0.1) is 0 Å². The zero-order chi connectivity index (χ0) is 30.3. The van der Waals surface area contributed by atoms with Crippen LogP contribution < -0.4 is 15.3 Å². The first-order valence-corrected chi connectivity index (χ1v) is 15.6. The minimum Gasteiger partial charge on any atom is -0.464 e. The van der Waals surface area contributed by atoms with E-state index in [4.69, 9.17) is 24.3 Å². The Morgan fingerprint density at radius 2 is 1.93 bits per heavy atom. The molecule has 1 unspecified atom stereocenters. The SMILES string of the molecule is CCC(CC)COC(=O)[C@H](C)N[P@@](=O)(Oc1ccccc1)O[C@@H]1CC12O[C@@](C)(c1ccc3c(N)ncnn13)[C@H](O)[C@@H]2O. The molecule has 14 heteroatoms. The van der Waals surface area contributed by atoms with Crippen molar-refractivity contribution in [1.29, 1.82) is 0 Å². The third-order valence-electron chi connectivity index (χ3n) is 8.20. The van der Waals surface area contributed by atoms with Crippen LogP contribution in [0.3, 0.4) is 0 Å². The van der Waals surface area contributed by atoms with Crippen LogP contribution in [0.4, 0.5) is 5.82 Å². The van der Waals surface area contributed by atoms with Gasteiger partial charge in [-0.25, -0.2) is 14.1 Å². The first-order valence-electron chi connectivity index (χ1n) is 14.1. The summed E-state index contributed by atoms with van der Waals surface area (Å²) in [4.78, 5) is 16.8. The quantitative estimate of drug-likeness (QED) is 0.176. The highest BCUT2D eigenvalue weighted by molar-refractivity contribution is 7.52. The summed E-state index contributed by atoms with van der Waals surface area (Å²) >= 11 is 0. The van der Waals surface area contributed by atoms with E-state index in [2.05, 4.69) is 15.2 Å². The van der Waals surface area contributed by atoms with Gasteiger partial charge in [-0.05, 0) is 44.0 Å². The molecule has 2 aromatic heterocycles. The van der Waals surface area contributed by atoms with Crippen LogP contribution in [-0.2, 0) is 29.0 Å². The van der Waals surface area contributed by atoms with Gasteiger partial charge in [-0.3, -0.25) is 9.32 Å². The van der Waals surface area contributed by atoms with E-state index in [0.29, 0.717) is 11.2 Å². The Hall–Kier alpha value is -3.06. The first-order chi connectivity index (χ1) is 20.0. The Kier molecular flexibility index (Phi) is 8.36. The summed E-state index contributed by atoms with van der Waals surface area (Å²) in [6, 6.07) is 10.7. The highest BCUT2D eigenvalue weighted by atomic mass is 31.2. The maximum Gasteiger partial charge on any atom is 0.459 e. The summed E-state index contributed by atoms with van der Waals surface area (Å²) < 4.78 is 39.2. The molecule has 1 saturated carbocycles. The van der Waals surface area contributed by atoms with Gasteiger partial charge in [0.2, 0.25) is 0 Å². The van der Waals surface area contributed by atoms with Gasteiger partial charge in [0, 0.05) is 6.42 Å². The molecule has 2 fully saturated rings. The van der Waals surface area contributed by atoms with Crippen LogP contribution in [0.1, 0.15) is 52.7 Å². The number of fused-ring (bicyclic) bond motifs is 1. The number of carbonyl (C=O) groups is 1. The Labute approximate surface area is 243 Å². The number of nitrogens with one attached hydrogen (secondary N) is 1. The lowest BCUT2D eigenvalue weighted by atomic mass is 9.93. The average Bonchev–Trinajstić information content (AvgIpc) is 3.35. The lowest BCUT2D eigenvalue weighted by Gasteiger charge is -2.27. The largest absolute Gasteiger partial charge is 0.464 e. The van der Waals surface area contributed by atoms with E-state index >= 15 is 0 Å². The van der Waals surface area contributed by atoms with Crippen LogP contribution in [-0.4, -0.2) is 67.3 Å². The number of nitrogen functional groups attached to an aromatic ring is 1. The Bertz CT molecular complexity index is 1470. The molecule has 1 aliphatic carbocycles. The van der Waals surface area contributed by atoms with E-state index in [-0.39, 0.29) is 30.5 Å². The molecule has 1 aliphatic heterocycles. The van der Waals surface area contributed by atoms with Gasteiger partial charge >= 0.3 is 13.7 Å². The third-order valence-corrected chi connectivity index (χ3v) is 9.89. The van der Waals surface area contributed by atoms with Crippen molar-refractivity contribution in [2.24, 2.45) is 5.92 Å². The van der Waals surface area contributed by atoms with Crippen molar-refractivity contribution in [2.75, 3.05) is 12.3 Å². The van der Waals surface area contributed by atoms with Crippen molar-refractivity contribution in [3.05, 3.63) is 54.5 Å². The molecular formula is C28H38N5O8P. The second kappa shape index (κ2) is 11.6. The summed E-state index contributed by atoms with van der Waals surface area (Å²) in [6.07, 6.45) is -0.609. The van der Waals surface area contributed by atoms with Gasteiger partial charge in [-0.1, -0.05) is 44.9 Å². The molecular weight excluding hydrogens is 565 g/mol. The van der Waals surface area contributed by atoms with Crippen molar-refractivity contribution in [3.8, 4) is 5.75 Å². The molecule has 13 nitrogen and oxygen atoms in total. The van der Waals surface area contributed by atoms with Gasteiger partial charge < -0.3 is 29.9 Å².